The van der Waals surface area contributed by atoms with Crippen LogP contribution in [0.4, 0.5) is 10.5 Å². The third-order valence-electron chi connectivity index (χ3n) is 2.73. The quantitative estimate of drug-likeness (QED) is 0.908. The minimum Gasteiger partial charge on any atom is -0.480 e. The number of hydrogen-bond acceptors (Lipinski definition) is 4. The van der Waals surface area contributed by atoms with E-state index in [0.717, 1.165) is 5.39 Å². The molecule has 0 saturated carbocycles. The zero-order valence-electron chi connectivity index (χ0n) is 12.2. The molecule has 2 rings (SSSR count). The van der Waals surface area contributed by atoms with Crippen LogP contribution in [0, 0.1) is 0 Å². The molecule has 2 N–H and O–H groups in total. The minimum absolute atomic E-state index is 0.220. The van der Waals surface area contributed by atoms with Crippen molar-refractivity contribution < 1.29 is 19.4 Å². The fourth-order valence-electron chi connectivity index (χ4n) is 1.95. The van der Waals surface area contributed by atoms with E-state index in [-0.39, 0.29) is 6.54 Å². The Morgan fingerprint density at radius 2 is 1.95 bits per heavy atom. The highest BCUT2D eigenvalue weighted by molar-refractivity contribution is 5.99. The van der Waals surface area contributed by atoms with Gasteiger partial charge in [-0.2, -0.15) is 0 Å². The van der Waals surface area contributed by atoms with Crippen molar-refractivity contribution >= 4 is 28.7 Å². The topological polar surface area (TPSA) is 80.6 Å². The van der Waals surface area contributed by atoms with Gasteiger partial charge < -0.3 is 15.2 Å². The van der Waals surface area contributed by atoms with E-state index in [1.807, 2.05) is 18.2 Å². The van der Waals surface area contributed by atoms with E-state index in [2.05, 4.69) is 5.32 Å². The summed E-state index contributed by atoms with van der Waals surface area (Å²) in [7, 11) is 0. The molecule has 0 spiro atoms. The third-order valence-corrected chi connectivity index (χ3v) is 2.73. The van der Waals surface area contributed by atoms with E-state index in [4.69, 9.17) is 9.84 Å². The van der Waals surface area contributed by atoms with Crippen LogP contribution < -0.4 is 5.32 Å². The van der Waals surface area contributed by atoms with Crippen LogP contribution in [0.2, 0.25) is 0 Å². The molecule has 21 heavy (non-hydrogen) atoms. The van der Waals surface area contributed by atoms with Crippen molar-refractivity contribution in [1.82, 2.24) is 4.57 Å². The number of aromatic nitrogens is 1. The summed E-state index contributed by atoms with van der Waals surface area (Å²) in [5.41, 5.74) is 0.649. The molecular weight excluding hydrogens is 272 g/mol. The van der Waals surface area contributed by atoms with Crippen LogP contribution in [-0.4, -0.2) is 33.9 Å². The smallest absolute Gasteiger partial charge is 0.419 e. The third kappa shape index (κ3) is 3.53. The summed E-state index contributed by atoms with van der Waals surface area (Å²) in [5.74, 6) is -0.968. The van der Waals surface area contributed by atoms with Crippen molar-refractivity contribution in [2.45, 2.75) is 26.4 Å². The first-order chi connectivity index (χ1) is 9.78. The van der Waals surface area contributed by atoms with Crippen molar-refractivity contribution in [3.63, 3.8) is 0 Å². The summed E-state index contributed by atoms with van der Waals surface area (Å²) in [6.45, 7) is 5.16. The molecule has 0 aliphatic rings. The van der Waals surface area contributed by atoms with E-state index >= 15 is 0 Å². The van der Waals surface area contributed by atoms with Gasteiger partial charge in [0.15, 0.2) is 0 Å². The van der Waals surface area contributed by atoms with Crippen molar-refractivity contribution in [2.24, 2.45) is 0 Å². The molecule has 2 aromatic rings. The number of nitrogens with one attached hydrogen (secondary N) is 1. The van der Waals surface area contributed by atoms with Crippen LogP contribution in [0.3, 0.4) is 0 Å². The molecule has 0 bridgehead atoms. The molecule has 6 nitrogen and oxygen atoms in total. The van der Waals surface area contributed by atoms with Crippen LogP contribution in [0.25, 0.3) is 10.9 Å². The first-order valence-electron chi connectivity index (χ1n) is 6.57. The van der Waals surface area contributed by atoms with E-state index in [9.17, 15) is 9.59 Å². The Morgan fingerprint density at radius 1 is 1.29 bits per heavy atom. The van der Waals surface area contributed by atoms with Gasteiger partial charge in [-0.05, 0) is 26.8 Å². The maximum absolute atomic E-state index is 12.2. The molecule has 0 atom stereocenters. The fourth-order valence-corrected chi connectivity index (χ4v) is 1.95. The second-order valence-corrected chi connectivity index (χ2v) is 5.66. The van der Waals surface area contributed by atoms with Crippen molar-refractivity contribution in [1.29, 1.82) is 0 Å². The summed E-state index contributed by atoms with van der Waals surface area (Å²) in [4.78, 5) is 22.9. The van der Waals surface area contributed by atoms with Crippen LogP contribution in [0.5, 0.6) is 0 Å². The number of benzene rings is 1. The average Bonchev–Trinajstić information content (AvgIpc) is 2.73. The van der Waals surface area contributed by atoms with Gasteiger partial charge in [0.05, 0.1) is 11.2 Å². The standard InChI is InChI=1S/C15H18N2O4/c1-15(2,3)21-14(20)17-9-11(16-8-13(18)19)10-6-4-5-7-12(10)17/h4-7,9,16H,8H2,1-3H3,(H,18,19). The van der Waals surface area contributed by atoms with Gasteiger partial charge in [0.2, 0.25) is 0 Å². The minimum atomic E-state index is -0.968. The molecule has 0 fully saturated rings. The van der Waals surface area contributed by atoms with E-state index in [1.54, 1.807) is 33.0 Å². The van der Waals surface area contributed by atoms with Gasteiger partial charge in [0.1, 0.15) is 12.1 Å². The number of carbonyl (C=O) groups excluding carboxylic acids is 1. The predicted octanol–water partition coefficient (Wildman–Crippen LogP) is 2.92. The maximum atomic E-state index is 12.2. The normalized spacial score (nSPS) is 11.4. The van der Waals surface area contributed by atoms with Crippen molar-refractivity contribution in [2.75, 3.05) is 11.9 Å². The monoisotopic (exact) mass is 290 g/mol. The molecule has 1 aromatic carbocycles. The van der Waals surface area contributed by atoms with Gasteiger partial charge >= 0.3 is 12.1 Å². The van der Waals surface area contributed by atoms with Gasteiger partial charge in [0, 0.05) is 11.6 Å². The van der Waals surface area contributed by atoms with Gasteiger partial charge in [-0.1, -0.05) is 18.2 Å². The fraction of sp³-hybridized carbons (Fsp3) is 0.333. The Bertz CT molecular complexity index is 683. The van der Waals surface area contributed by atoms with Gasteiger partial charge in [-0.3, -0.25) is 9.36 Å². The molecule has 0 saturated heterocycles. The van der Waals surface area contributed by atoms with Crippen LogP contribution in [-0.2, 0) is 9.53 Å². The van der Waals surface area contributed by atoms with Gasteiger partial charge in [-0.25, -0.2) is 4.79 Å². The SMILES string of the molecule is CC(C)(C)OC(=O)n1cc(NCC(=O)O)c2ccccc21. The number of carboxylic acids is 1. The molecule has 6 heteroatoms. The number of carbonyl (C=O) groups is 2. The lowest BCUT2D eigenvalue weighted by atomic mass is 10.2. The van der Waals surface area contributed by atoms with Gasteiger partial charge in [-0.15, -0.1) is 0 Å². The summed E-state index contributed by atoms with van der Waals surface area (Å²) >= 11 is 0. The lowest BCUT2D eigenvalue weighted by molar-refractivity contribution is -0.134. The van der Waals surface area contributed by atoms with E-state index in [1.165, 1.54) is 4.57 Å². The molecule has 0 amide bonds. The summed E-state index contributed by atoms with van der Waals surface area (Å²) in [6, 6.07) is 7.24. The summed E-state index contributed by atoms with van der Waals surface area (Å²) in [6.07, 6.45) is 1.06. The second kappa shape index (κ2) is 5.47. The molecule has 0 aliphatic heterocycles. The highest BCUT2D eigenvalue weighted by Gasteiger charge is 2.20. The Morgan fingerprint density at radius 3 is 2.57 bits per heavy atom. The Hall–Kier alpha value is -2.50. The van der Waals surface area contributed by atoms with E-state index < -0.39 is 17.7 Å². The van der Waals surface area contributed by atoms with Gasteiger partial charge in [0.25, 0.3) is 0 Å². The maximum Gasteiger partial charge on any atom is 0.419 e. The Kier molecular flexibility index (Phi) is 3.88. The second-order valence-electron chi connectivity index (χ2n) is 5.66. The molecule has 0 radical (unpaired) electrons. The molecule has 1 heterocycles. The lowest BCUT2D eigenvalue weighted by Crippen LogP contribution is -2.26. The number of ether oxygens (including phenoxy) is 1. The number of nitrogens with zero attached hydrogens (tertiary/aromatic N) is 1. The number of rotatable bonds is 3. The van der Waals surface area contributed by atoms with Crippen LogP contribution in [0.1, 0.15) is 20.8 Å². The number of hydrogen-bond donors (Lipinski definition) is 2. The first-order valence-corrected chi connectivity index (χ1v) is 6.57. The highest BCUT2D eigenvalue weighted by atomic mass is 16.6. The van der Waals surface area contributed by atoms with Crippen LogP contribution in [0.15, 0.2) is 30.5 Å². The highest BCUT2D eigenvalue weighted by Crippen LogP contribution is 2.26. The van der Waals surface area contributed by atoms with Crippen molar-refractivity contribution in [3.05, 3.63) is 30.5 Å². The Labute approximate surface area is 122 Å². The number of fused-ring (bicyclic) bond motifs is 1. The molecule has 0 aliphatic carbocycles. The molecule has 1 aromatic heterocycles. The number of carboxylic acid groups (broad SMARTS) is 1. The number of anilines is 1. The predicted molar refractivity (Wildman–Crippen MR) is 79.7 cm³/mol. The number of para-hydroxylation sites is 1. The number of aliphatic carboxylic acids is 1. The molecule has 112 valence electrons. The zero-order valence-corrected chi connectivity index (χ0v) is 12.2. The van der Waals surface area contributed by atoms with E-state index in [0.29, 0.717) is 11.2 Å². The zero-order chi connectivity index (χ0) is 15.6. The summed E-state index contributed by atoms with van der Waals surface area (Å²) in [5, 5.41) is 12.3. The van der Waals surface area contributed by atoms with Crippen LogP contribution >= 0.6 is 0 Å². The first kappa shape index (κ1) is 14.9. The summed E-state index contributed by atoms with van der Waals surface area (Å²) < 4.78 is 6.73. The average molecular weight is 290 g/mol. The van der Waals surface area contributed by atoms with Crippen molar-refractivity contribution in [3.8, 4) is 0 Å². The molecular formula is C15H18N2O4. The molecule has 0 unspecified atom stereocenters. The lowest BCUT2D eigenvalue weighted by Gasteiger charge is -2.19. The Balaban J connectivity index is 2.40. The largest absolute Gasteiger partial charge is 0.480 e.